The molecule has 82 valence electrons. The molecule has 1 aliphatic rings. The number of aromatic nitrogens is 4. The van der Waals surface area contributed by atoms with Gasteiger partial charge in [0.05, 0.1) is 5.70 Å². The van der Waals surface area contributed by atoms with Gasteiger partial charge in [-0.15, -0.1) is 5.10 Å². The van der Waals surface area contributed by atoms with Gasteiger partial charge < -0.3 is 4.74 Å². The Balaban J connectivity index is 2.54. The Hall–Kier alpha value is -1.39. The molecule has 0 unspecified atom stereocenters. The van der Waals surface area contributed by atoms with E-state index in [1.165, 1.54) is 0 Å². The van der Waals surface area contributed by atoms with Crippen molar-refractivity contribution in [2.45, 2.75) is 34.3 Å². The lowest BCUT2D eigenvalue weighted by molar-refractivity contribution is 0.151. The van der Waals surface area contributed by atoms with Crippen LogP contribution in [0.4, 0.5) is 0 Å². The first-order chi connectivity index (χ1) is 7.11. The third kappa shape index (κ3) is 1.62. The molecule has 0 spiro atoms. The van der Waals surface area contributed by atoms with Crippen LogP contribution >= 0.6 is 0 Å². The highest BCUT2D eigenvalue weighted by molar-refractivity contribution is 5.51. The van der Waals surface area contributed by atoms with Crippen LogP contribution in [-0.4, -0.2) is 20.2 Å². The van der Waals surface area contributed by atoms with Crippen LogP contribution in [0, 0.1) is 11.8 Å². The summed E-state index contributed by atoms with van der Waals surface area (Å²) in [7, 11) is 0. The maximum Gasteiger partial charge on any atom is 0.193 e. The first-order valence-electron chi connectivity index (χ1n) is 5.25. The second-order valence-corrected chi connectivity index (χ2v) is 4.35. The van der Waals surface area contributed by atoms with Crippen molar-refractivity contribution < 1.29 is 4.74 Å². The predicted octanol–water partition coefficient (Wildman–Crippen LogP) is 1.68. The van der Waals surface area contributed by atoms with Gasteiger partial charge in [-0.25, -0.2) is 0 Å². The fraction of sp³-hybridized carbons (Fsp3) is 0.700. The lowest BCUT2D eigenvalue weighted by atomic mass is 10.0. The van der Waals surface area contributed by atoms with Gasteiger partial charge in [-0.2, -0.15) is 4.68 Å². The van der Waals surface area contributed by atoms with Crippen molar-refractivity contribution in [2.24, 2.45) is 11.8 Å². The summed E-state index contributed by atoms with van der Waals surface area (Å²) >= 11 is 0. The summed E-state index contributed by atoms with van der Waals surface area (Å²) in [5.41, 5.74) is 1.08. The van der Waals surface area contributed by atoms with E-state index >= 15 is 0 Å². The normalized spacial score (nSPS) is 15.9. The van der Waals surface area contributed by atoms with Crippen LogP contribution in [0.25, 0.3) is 5.70 Å². The Morgan fingerprint density at radius 3 is 2.53 bits per heavy atom. The topological polar surface area (TPSA) is 52.8 Å². The van der Waals surface area contributed by atoms with Crippen LogP contribution in [-0.2, 0) is 11.3 Å². The van der Waals surface area contributed by atoms with Gasteiger partial charge in [-0.1, -0.05) is 27.7 Å². The van der Waals surface area contributed by atoms with E-state index in [0.717, 1.165) is 17.3 Å². The quantitative estimate of drug-likeness (QED) is 0.742. The molecule has 0 aromatic carbocycles. The minimum absolute atomic E-state index is 0.352. The number of allylic oxidation sites excluding steroid dienone is 2. The molecule has 0 saturated heterocycles. The molecule has 0 radical (unpaired) electrons. The molecule has 1 aromatic rings. The van der Waals surface area contributed by atoms with E-state index in [0.29, 0.717) is 18.4 Å². The fourth-order valence-corrected chi connectivity index (χ4v) is 1.79. The molecule has 5 heteroatoms. The third-order valence-corrected chi connectivity index (χ3v) is 2.44. The number of nitrogens with zero attached hydrogens (tertiary/aromatic N) is 4. The second kappa shape index (κ2) is 3.64. The Labute approximate surface area is 89.1 Å². The highest BCUT2D eigenvalue weighted by Crippen LogP contribution is 2.30. The molecule has 0 atom stereocenters. The van der Waals surface area contributed by atoms with E-state index in [9.17, 15) is 0 Å². The molecule has 2 rings (SSSR count). The van der Waals surface area contributed by atoms with Crippen LogP contribution in [0.5, 0.6) is 0 Å². The predicted molar refractivity (Wildman–Crippen MR) is 55.5 cm³/mol. The van der Waals surface area contributed by atoms with Crippen LogP contribution in [0.15, 0.2) is 5.76 Å². The smallest absolute Gasteiger partial charge is 0.193 e. The first kappa shape index (κ1) is 10.1. The maximum atomic E-state index is 5.71. The number of rotatable bonds is 2. The summed E-state index contributed by atoms with van der Waals surface area (Å²) < 4.78 is 7.52. The van der Waals surface area contributed by atoms with E-state index in [4.69, 9.17) is 4.74 Å². The lowest BCUT2D eigenvalue weighted by Crippen LogP contribution is -2.21. The van der Waals surface area contributed by atoms with E-state index in [2.05, 4.69) is 43.2 Å². The van der Waals surface area contributed by atoms with E-state index in [-0.39, 0.29) is 0 Å². The number of hydrogen-bond acceptors (Lipinski definition) is 4. The van der Waals surface area contributed by atoms with Gasteiger partial charge in [-0.05, 0) is 16.3 Å². The molecule has 15 heavy (non-hydrogen) atoms. The van der Waals surface area contributed by atoms with Crippen molar-refractivity contribution in [1.29, 1.82) is 0 Å². The summed E-state index contributed by atoms with van der Waals surface area (Å²) in [4.78, 5) is 0. The Morgan fingerprint density at radius 2 is 1.93 bits per heavy atom. The van der Waals surface area contributed by atoms with Crippen LogP contribution < -0.4 is 0 Å². The van der Waals surface area contributed by atoms with Gasteiger partial charge in [0.2, 0.25) is 0 Å². The van der Waals surface area contributed by atoms with Gasteiger partial charge in [0, 0.05) is 5.92 Å². The summed E-state index contributed by atoms with van der Waals surface area (Å²) in [5.74, 6) is 2.50. The average molecular weight is 208 g/mol. The monoisotopic (exact) mass is 208 g/mol. The Bertz CT molecular complexity index is 392. The number of ether oxygens (including phenoxy) is 1. The van der Waals surface area contributed by atoms with Crippen LogP contribution in [0.2, 0.25) is 0 Å². The van der Waals surface area contributed by atoms with Crippen molar-refractivity contribution in [3.63, 3.8) is 0 Å². The standard InChI is InChI=1S/C10H16N4O/c1-6(2)9-10(7(3)4)15-5-8-11-12-13-14(8)9/h6-7H,5H2,1-4H3. The highest BCUT2D eigenvalue weighted by Gasteiger charge is 2.26. The van der Waals surface area contributed by atoms with Gasteiger partial charge in [-0.3, -0.25) is 0 Å². The molecular weight excluding hydrogens is 192 g/mol. The number of tetrazole rings is 1. The number of hydrogen-bond donors (Lipinski definition) is 0. The lowest BCUT2D eigenvalue weighted by Gasteiger charge is -2.25. The molecule has 0 aliphatic carbocycles. The van der Waals surface area contributed by atoms with E-state index < -0.39 is 0 Å². The van der Waals surface area contributed by atoms with E-state index in [1.54, 1.807) is 0 Å². The minimum atomic E-state index is 0.352. The fourth-order valence-electron chi connectivity index (χ4n) is 1.79. The summed E-state index contributed by atoms with van der Waals surface area (Å²) in [6, 6.07) is 0. The van der Waals surface area contributed by atoms with Crippen molar-refractivity contribution in [2.75, 3.05) is 0 Å². The zero-order chi connectivity index (χ0) is 11.0. The average Bonchev–Trinajstić information content (AvgIpc) is 2.62. The Morgan fingerprint density at radius 1 is 1.20 bits per heavy atom. The first-order valence-corrected chi connectivity index (χ1v) is 5.25. The molecule has 1 aliphatic heterocycles. The van der Waals surface area contributed by atoms with E-state index in [1.807, 2.05) is 4.68 Å². The van der Waals surface area contributed by atoms with Gasteiger partial charge in [0.1, 0.15) is 12.4 Å². The van der Waals surface area contributed by atoms with Crippen LogP contribution in [0.1, 0.15) is 33.5 Å². The zero-order valence-corrected chi connectivity index (χ0v) is 9.56. The second-order valence-electron chi connectivity index (χ2n) is 4.35. The van der Waals surface area contributed by atoms with Crippen molar-refractivity contribution >= 4 is 5.70 Å². The molecule has 2 heterocycles. The van der Waals surface area contributed by atoms with Gasteiger partial charge in [0.15, 0.2) is 5.82 Å². The maximum absolute atomic E-state index is 5.71. The molecule has 0 bridgehead atoms. The molecule has 5 nitrogen and oxygen atoms in total. The summed E-state index contributed by atoms with van der Waals surface area (Å²) in [5, 5.41) is 11.6. The molecule has 0 fully saturated rings. The summed E-state index contributed by atoms with van der Waals surface area (Å²) in [6.45, 7) is 8.95. The molecule has 1 aromatic heterocycles. The summed E-state index contributed by atoms with van der Waals surface area (Å²) in [6.07, 6.45) is 0. The third-order valence-electron chi connectivity index (χ3n) is 2.44. The molecule has 0 amide bonds. The Kier molecular flexibility index (Phi) is 2.46. The largest absolute Gasteiger partial charge is 0.488 e. The SMILES string of the molecule is CC(C)C1=C(C(C)C)n2nnnc2CO1. The van der Waals surface area contributed by atoms with Crippen molar-refractivity contribution in [3.05, 3.63) is 11.6 Å². The molecule has 0 saturated carbocycles. The minimum Gasteiger partial charge on any atom is -0.488 e. The highest BCUT2D eigenvalue weighted by atomic mass is 16.5. The van der Waals surface area contributed by atoms with Crippen molar-refractivity contribution in [3.8, 4) is 0 Å². The number of fused-ring (bicyclic) bond motifs is 1. The molecule has 0 N–H and O–H groups in total. The van der Waals surface area contributed by atoms with Gasteiger partial charge >= 0.3 is 0 Å². The van der Waals surface area contributed by atoms with Crippen LogP contribution in [0.3, 0.4) is 0 Å². The molecular formula is C10H16N4O. The zero-order valence-electron chi connectivity index (χ0n) is 9.56. The van der Waals surface area contributed by atoms with Crippen molar-refractivity contribution in [1.82, 2.24) is 20.2 Å². The van der Waals surface area contributed by atoms with Gasteiger partial charge in [0.25, 0.3) is 0 Å².